The maximum Gasteiger partial charge on any atom is 0.308 e. The molecule has 0 fully saturated rings. The summed E-state index contributed by atoms with van der Waals surface area (Å²) in [6, 6.07) is 0.425. The van der Waals surface area contributed by atoms with Crippen LogP contribution in [0.4, 0.5) is 0 Å². The van der Waals surface area contributed by atoms with Crippen molar-refractivity contribution in [1.29, 1.82) is 0 Å². The van der Waals surface area contributed by atoms with E-state index < -0.39 is 11.9 Å². The fourth-order valence-electron chi connectivity index (χ4n) is 1.60. The van der Waals surface area contributed by atoms with Crippen LogP contribution in [0.1, 0.15) is 40.5 Å². The smallest absolute Gasteiger partial charge is 0.308 e. The second-order valence-corrected chi connectivity index (χ2v) is 4.88. The van der Waals surface area contributed by atoms with Crippen molar-refractivity contribution in [1.82, 2.24) is 10.2 Å². The van der Waals surface area contributed by atoms with Gasteiger partial charge in [0.1, 0.15) is 0 Å². The predicted octanol–water partition coefficient (Wildman–Crippen LogP) is 1.33. The molecule has 0 heterocycles. The Labute approximate surface area is 110 Å². The van der Waals surface area contributed by atoms with Crippen molar-refractivity contribution in [2.45, 2.75) is 46.6 Å². The first kappa shape index (κ1) is 16.9. The molecular weight excluding hydrogens is 232 g/mol. The average Bonchev–Trinajstić information content (AvgIpc) is 2.30. The Kier molecular flexibility index (Phi) is 8.37. The highest BCUT2D eigenvalue weighted by atomic mass is 16.4. The lowest BCUT2D eigenvalue weighted by molar-refractivity contribution is -0.143. The van der Waals surface area contributed by atoms with Gasteiger partial charge < -0.3 is 15.3 Å². The standard InChI is InChI=1S/C13H26N2O3/c1-5-15(9-11(4)13(17)18)12(16)7-6-8-14-10(2)3/h10-11,14H,5-9H2,1-4H3,(H,17,18). The summed E-state index contributed by atoms with van der Waals surface area (Å²) in [7, 11) is 0. The van der Waals surface area contributed by atoms with E-state index in [-0.39, 0.29) is 5.91 Å². The van der Waals surface area contributed by atoms with Crippen LogP contribution in [0.2, 0.25) is 0 Å². The van der Waals surface area contributed by atoms with Gasteiger partial charge in [-0.2, -0.15) is 0 Å². The number of aliphatic carboxylic acids is 1. The Morgan fingerprint density at radius 3 is 2.33 bits per heavy atom. The fourth-order valence-corrected chi connectivity index (χ4v) is 1.60. The SMILES string of the molecule is CCN(CC(C)C(=O)O)C(=O)CCCNC(C)C. The third-order valence-corrected chi connectivity index (χ3v) is 2.77. The van der Waals surface area contributed by atoms with Crippen molar-refractivity contribution >= 4 is 11.9 Å². The second kappa shape index (κ2) is 8.91. The van der Waals surface area contributed by atoms with Crippen molar-refractivity contribution in [2.75, 3.05) is 19.6 Å². The van der Waals surface area contributed by atoms with Gasteiger partial charge in [-0.25, -0.2) is 0 Å². The highest BCUT2D eigenvalue weighted by molar-refractivity contribution is 5.77. The van der Waals surface area contributed by atoms with E-state index in [0.717, 1.165) is 13.0 Å². The molecule has 1 atom stereocenters. The lowest BCUT2D eigenvalue weighted by Gasteiger charge is -2.23. The molecule has 2 N–H and O–H groups in total. The van der Waals surface area contributed by atoms with Crippen molar-refractivity contribution in [3.63, 3.8) is 0 Å². The molecular formula is C13H26N2O3. The van der Waals surface area contributed by atoms with Crippen LogP contribution in [0.5, 0.6) is 0 Å². The molecule has 18 heavy (non-hydrogen) atoms. The topological polar surface area (TPSA) is 69.6 Å². The first-order chi connectivity index (χ1) is 8.38. The van der Waals surface area contributed by atoms with Crippen LogP contribution in [0, 0.1) is 5.92 Å². The zero-order valence-corrected chi connectivity index (χ0v) is 11.9. The van der Waals surface area contributed by atoms with Crippen molar-refractivity contribution in [3.05, 3.63) is 0 Å². The third-order valence-electron chi connectivity index (χ3n) is 2.77. The van der Waals surface area contributed by atoms with E-state index in [2.05, 4.69) is 19.2 Å². The average molecular weight is 258 g/mol. The fraction of sp³-hybridized carbons (Fsp3) is 0.846. The summed E-state index contributed by atoms with van der Waals surface area (Å²) in [5, 5.41) is 12.1. The zero-order valence-electron chi connectivity index (χ0n) is 11.9. The lowest BCUT2D eigenvalue weighted by atomic mass is 10.1. The molecule has 0 aromatic heterocycles. The predicted molar refractivity (Wildman–Crippen MR) is 71.4 cm³/mol. The Balaban J connectivity index is 4.00. The third kappa shape index (κ3) is 7.27. The molecule has 1 unspecified atom stereocenters. The molecule has 5 nitrogen and oxygen atoms in total. The number of carbonyl (C=O) groups excluding carboxylic acids is 1. The monoisotopic (exact) mass is 258 g/mol. The van der Waals surface area contributed by atoms with E-state index in [0.29, 0.717) is 25.6 Å². The van der Waals surface area contributed by atoms with Crippen molar-refractivity contribution in [3.8, 4) is 0 Å². The molecule has 0 spiro atoms. The molecule has 0 aromatic carbocycles. The van der Waals surface area contributed by atoms with E-state index in [4.69, 9.17) is 5.11 Å². The van der Waals surface area contributed by atoms with Crippen LogP contribution >= 0.6 is 0 Å². The minimum Gasteiger partial charge on any atom is -0.481 e. The number of hydrogen-bond donors (Lipinski definition) is 2. The molecule has 0 radical (unpaired) electrons. The number of amides is 1. The van der Waals surface area contributed by atoms with Crippen LogP contribution in [-0.2, 0) is 9.59 Å². The van der Waals surface area contributed by atoms with Crippen LogP contribution in [0.3, 0.4) is 0 Å². The highest BCUT2D eigenvalue weighted by Gasteiger charge is 2.18. The second-order valence-electron chi connectivity index (χ2n) is 4.88. The zero-order chi connectivity index (χ0) is 14.1. The first-order valence-corrected chi connectivity index (χ1v) is 6.62. The van der Waals surface area contributed by atoms with Gasteiger partial charge in [-0.1, -0.05) is 20.8 Å². The summed E-state index contributed by atoms with van der Waals surface area (Å²) >= 11 is 0. The maximum absolute atomic E-state index is 11.9. The summed E-state index contributed by atoms with van der Waals surface area (Å²) < 4.78 is 0. The molecule has 0 aliphatic heterocycles. The Bertz CT molecular complexity index is 267. The van der Waals surface area contributed by atoms with Crippen LogP contribution < -0.4 is 5.32 Å². The van der Waals surface area contributed by atoms with E-state index >= 15 is 0 Å². The van der Waals surface area contributed by atoms with Gasteiger partial charge in [0, 0.05) is 25.6 Å². The van der Waals surface area contributed by atoms with Crippen LogP contribution in [-0.4, -0.2) is 47.6 Å². The number of carbonyl (C=O) groups is 2. The Morgan fingerprint density at radius 1 is 1.28 bits per heavy atom. The molecule has 0 saturated heterocycles. The van der Waals surface area contributed by atoms with Crippen LogP contribution in [0.25, 0.3) is 0 Å². The maximum atomic E-state index is 11.9. The molecule has 0 bridgehead atoms. The van der Waals surface area contributed by atoms with Crippen molar-refractivity contribution in [2.24, 2.45) is 5.92 Å². The van der Waals surface area contributed by atoms with Gasteiger partial charge in [-0.05, 0) is 19.9 Å². The first-order valence-electron chi connectivity index (χ1n) is 6.62. The summed E-state index contributed by atoms with van der Waals surface area (Å²) in [6.45, 7) is 9.30. The molecule has 0 aromatic rings. The van der Waals surface area contributed by atoms with Gasteiger partial charge in [-0.3, -0.25) is 9.59 Å². The lowest BCUT2D eigenvalue weighted by Crippen LogP contribution is -2.37. The molecule has 0 aliphatic carbocycles. The summed E-state index contributed by atoms with van der Waals surface area (Å²) in [5.74, 6) is -1.33. The molecule has 1 amide bonds. The van der Waals surface area contributed by atoms with Crippen molar-refractivity contribution < 1.29 is 14.7 Å². The van der Waals surface area contributed by atoms with Gasteiger partial charge in [0.25, 0.3) is 0 Å². The van der Waals surface area contributed by atoms with E-state index in [9.17, 15) is 9.59 Å². The molecule has 5 heteroatoms. The number of nitrogens with one attached hydrogen (secondary N) is 1. The van der Waals surface area contributed by atoms with Gasteiger partial charge >= 0.3 is 5.97 Å². The molecule has 106 valence electrons. The van der Waals surface area contributed by atoms with E-state index in [1.54, 1.807) is 11.8 Å². The number of carboxylic acid groups (broad SMARTS) is 1. The minimum absolute atomic E-state index is 0.0381. The largest absolute Gasteiger partial charge is 0.481 e. The van der Waals surface area contributed by atoms with E-state index in [1.165, 1.54) is 0 Å². The number of carboxylic acids is 1. The number of rotatable bonds is 9. The van der Waals surface area contributed by atoms with E-state index in [1.807, 2.05) is 6.92 Å². The minimum atomic E-state index is -0.859. The number of hydrogen-bond acceptors (Lipinski definition) is 3. The highest BCUT2D eigenvalue weighted by Crippen LogP contribution is 2.04. The molecule has 0 saturated carbocycles. The molecule has 0 rings (SSSR count). The summed E-state index contributed by atoms with van der Waals surface area (Å²) in [6.07, 6.45) is 1.26. The summed E-state index contributed by atoms with van der Waals surface area (Å²) in [4.78, 5) is 24.3. The van der Waals surface area contributed by atoms with Gasteiger partial charge in [-0.15, -0.1) is 0 Å². The van der Waals surface area contributed by atoms with Gasteiger partial charge in [0.2, 0.25) is 5.91 Å². The van der Waals surface area contributed by atoms with Gasteiger partial charge in [0.15, 0.2) is 0 Å². The van der Waals surface area contributed by atoms with Gasteiger partial charge in [0.05, 0.1) is 5.92 Å². The quantitative estimate of drug-likeness (QED) is 0.612. The Hall–Kier alpha value is -1.10. The number of nitrogens with zero attached hydrogens (tertiary/aromatic N) is 1. The normalized spacial score (nSPS) is 12.5. The molecule has 0 aliphatic rings. The Morgan fingerprint density at radius 2 is 1.89 bits per heavy atom. The van der Waals surface area contributed by atoms with Crippen LogP contribution in [0.15, 0.2) is 0 Å². The summed E-state index contributed by atoms with van der Waals surface area (Å²) in [5.41, 5.74) is 0.